The molecule has 366 valence electrons. The van der Waals surface area contributed by atoms with Crippen LogP contribution < -0.4 is 9.80 Å². The van der Waals surface area contributed by atoms with Gasteiger partial charge in [0.1, 0.15) is 11.2 Å². The van der Waals surface area contributed by atoms with Crippen LogP contribution in [0.15, 0.2) is 264 Å². The van der Waals surface area contributed by atoms with E-state index < -0.39 is 0 Å². The van der Waals surface area contributed by atoms with E-state index in [1.54, 1.807) is 0 Å². The topological polar surface area (TPSA) is 32.8 Å². The minimum absolute atomic E-state index is 0.840. The molecule has 78 heavy (non-hydrogen) atoms. The summed E-state index contributed by atoms with van der Waals surface area (Å²) in [7, 11) is 0. The van der Waals surface area contributed by atoms with Gasteiger partial charge in [0, 0.05) is 54.8 Å². The third-order valence-electron chi connectivity index (χ3n) is 16.4. The van der Waals surface area contributed by atoms with E-state index in [4.69, 9.17) is 8.83 Å². The first-order chi connectivity index (χ1) is 38.6. The zero-order valence-corrected chi connectivity index (χ0v) is 43.0. The second kappa shape index (κ2) is 17.2. The molecule has 2 aromatic heterocycles. The number of benzene rings is 14. The van der Waals surface area contributed by atoms with Crippen LogP contribution in [-0.2, 0) is 0 Å². The van der Waals surface area contributed by atoms with Crippen LogP contribution in [-0.4, -0.2) is 0 Å². The molecule has 2 heterocycles. The summed E-state index contributed by atoms with van der Waals surface area (Å²) in [5.74, 6) is 0. The summed E-state index contributed by atoms with van der Waals surface area (Å²) >= 11 is 0. The summed E-state index contributed by atoms with van der Waals surface area (Å²) in [5, 5.41) is 16.3. The summed E-state index contributed by atoms with van der Waals surface area (Å²) in [6.07, 6.45) is 0. The fourth-order valence-corrected chi connectivity index (χ4v) is 12.9. The molecule has 0 aliphatic carbocycles. The lowest BCUT2D eigenvalue weighted by atomic mass is 9.87. The molecule has 0 atom stereocenters. The van der Waals surface area contributed by atoms with E-state index in [1.165, 1.54) is 59.6 Å². The Balaban J connectivity index is 0.961. The standard InChI is InChI=1S/C74H48N2O2/c1-45-41-62-66(76(52-29-13-6-14-30-52)65-36-20-34-59-70-56-32-18-16-26-50(56)44-61(74(70)78-72(59)65)48-23-9-4-10-24-48)42-46(2)53-37-38-57-63(40-39-54(45)67(57)68(53)62)75(51-27-11-5-12-28-51)64-35-19-33-58-69-55-31-17-15-25-49(55)43-60(73(69)77-71(58)64)47-21-7-3-8-22-47/h3-44H,1-2H3. The number of nitrogens with zero attached hydrogens (tertiary/aromatic N) is 2. The van der Waals surface area contributed by atoms with E-state index in [2.05, 4.69) is 278 Å². The van der Waals surface area contributed by atoms with Gasteiger partial charge in [-0.25, -0.2) is 0 Å². The molecule has 0 bridgehead atoms. The minimum Gasteiger partial charge on any atom is -0.453 e. The Kier molecular flexibility index (Phi) is 9.73. The van der Waals surface area contributed by atoms with Gasteiger partial charge in [0.15, 0.2) is 11.2 Å². The highest BCUT2D eigenvalue weighted by molar-refractivity contribution is 6.31. The predicted molar refractivity (Wildman–Crippen MR) is 329 cm³/mol. The third-order valence-corrected chi connectivity index (χ3v) is 16.4. The van der Waals surface area contributed by atoms with Crippen LogP contribution in [0.5, 0.6) is 0 Å². The highest BCUT2D eigenvalue weighted by Gasteiger charge is 2.28. The Morgan fingerprint density at radius 1 is 0.256 bits per heavy atom. The van der Waals surface area contributed by atoms with Crippen LogP contribution in [0, 0.1) is 13.8 Å². The Morgan fingerprint density at radius 2 is 0.667 bits per heavy atom. The van der Waals surface area contributed by atoms with Crippen molar-refractivity contribution in [3.05, 3.63) is 266 Å². The zero-order chi connectivity index (χ0) is 51.6. The average molecular weight is 997 g/mol. The number of furan rings is 2. The second-order valence-electron chi connectivity index (χ2n) is 20.8. The summed E-state index contributed by atoms with van der Waals surface area (Å²) < 4.78 is 14.7. The highest BCUT2D eigenvalue weighted by atomic mass is 16.3. The summed E-state index contributed by atoms with van der Waals surface area (Å²) in [6, 6.07) is 92.2. The lowest BCUT2D eigenvalue weighted by Gasteiger charge is -2.30. The first-order valence-electron chi connectivity index (χ1n) is 26.8. The predicted octanol–water partition coefficient (Wildman–Crippen LogP) is 21.6. The smallest absolute Gasteiger partial charge is 0.159 e. The summed E-state index contributed by atoms with van der Waals surface area (Å²) in [6.45, 7) is 4.53. The monoisotopic (exact) mass is 996 g/mol. The van der Waals surface area contributed by atoms with Crippen molar-refractivity contribution in [2.24, 2.45) is 0 Å². The van der Waals surface area contributed by atoms with Crippen molar-refractivity contribution < 1.29 is 8.83 Å². The fourth-order valence-electron chi connectivity index (χ4n) is 12.9. The van der Waals surface area contributed by atoms with Gasteiger partial charge in [0.2, 0.25) is 0 Å². The summed E-state index contributed by atoms with van der Waals surface area (Å²) in [4.78, 5) is 4.84. The first-order valence-corrected chi connectivity index (χ1v) is 26.8. The van der Waals surface area contributed by atoms with Crippen LogP contribution in [0.25, 0.3) is 120 Å². The largest absolute Gasteiger partial charge is 0.453 e. The molecule has 4 nitrogen and oxygen atoms in total. The lowest BCUT2D eigenvalue weighted by Crippen LogP contribution is -2.12. The van der Waals surface area contributed by atoms with Crippen LogP contribution in [0.2, 0.25) is 0 Å². The van der Waals surface area contributed by atoms with E-state index in [1.807, 2.05) is 0 Å². The van der Waals surface area contributed by atoms with Gasteiger partial charge in [0.05, 0.1) is 22.7 Å². The van der Waals surface area contributed by atoms with Crippen molar-refractivity contribution in [2.45, 2.75) is 13.8 Å². The molecule has 0 saturated carbocycles. The number of anilines is 6. The molecule has 4 heteroatoms. The van der Waals surface area contributed by atoms with E-state index in [0.29, 0.717) is 0 Å². The van der Waals surface area contributed by atoms with Crippen molar-refractivity contribution in [3.8, 4) is 22.3 Å². The molecule has 0 N–H and O–H groups in total. The quantitative estimate of drug-likeness (QED) is 0.142. The second-order valence-corrected chi connectivity index (χ2v) is 20.8. The van der Waals surface area contributed by atoms with Gasteiger partial charge < -0.3 is 18.6 Å². The Bertz CT molecular complexity index is 5040. The Hall–Kier alpha value is -10.2. The molecule has 16 rings (SSSR count). The number of rotatable bonds is 8. The van der Waals surface area contributed by atoms with E-state index in [9.17, 15) is 0 Å². The van der Waals surface area contributed by atoms with E-state index in [0.717, 1.165) is 106 Å². The van der Waals surface area contributed by atoms with Crippen LogP contribution in [0.1, 0.15) is 11.1 Å². The van der Waals surface area contributed by atoms with Crippen molar-refractivity contribution in [1.82, 2.24) is 0 Å². The molecular formula is C74H48N2O2. The number of aryl methyl sites for hydroxylation is 2. The van der Waals surface area contributed by atoms with Crippen molar-refractivity contribution >= 4 is 132 Å². The van der Waals surface area contributed by atoms with Gasteiger partial charge in [-0.05, 0) is 146 Å². The third kappa shape index (κ3) is 6.53. The summed E-state index contributed by atoms with van der Waals surface area (Å²) in [5.41, 5.74) is 16.4. The zero-order valence-electron chi connectivity index (χ0n) is 43.0. The molecule has 14 aromatic carbocycles. The van der Waals surface area contributed by atoms with Crippen LogP contribution in [0.4, 0.5) is 34.1 Å². The molecule has 0 fully saturated rings. The first kappa shape index (κ1) is 44.2. The van der Waals surface area contributed by atoms with Gasteiger partial charge in [-0.3, -0.25) is 0 Å². The molecule has 0 aliphatic rings. The van der Waals surface area contributed by atoms with Gasteiger partial charge in [-0.15, -0.1) is 0 Å². The SMILES string of the molecule is Cc1cc2c(N(c3ccccc3)c3cccc4c3oc3c(-c5ccccc5)cc5ccccc5c34)cc(C)c3ccc4c(N(c5ccccc5)c5cccc6c5oc5c(-c7ccccc7)cc7ccccc7c56)ccc1c4c32. The molecule has 16 aromatic rings. The maximum atomic E-state index is 7.35. The Morgan fingerprint density at radius 3 is 1.19 bits per heavy atom. The number of fused-ring (bicyclic) bond motifs is 10. The van der Waals surface area contributed by atoms with Crippen LogP contribution in [0.3, 0.4) is 0 Å². The maximum Gasteiger partial charge on any atom is 0.159 e. The fraction of sp³-hybridized carbons (Fsp3) is 0.0270. The van der Waals surface area contributed by atoms with Gasteiger partial charge in [-0.2, -0.15) is 0 Å². The molecular weight excluding hydrogens is 949 g/mol. The molecule has 0 amide bonds. The maximum absolute atomic E-state index is 7.35. The number of para-hydroxylation sites is 4. The molecule has 0 unspecified atom stereocenters. The van der Waals surface area contributed by atoms with Gasteiger partial charge in [-0.1, -0.05) is 188 Å². The van der Waals surface area contributed by atoms with Gasteiger partial charge in [0.25, 0.3) is 0 Å². The molecule has 0 aliphatic heterocycles. The normalized spacial score (nSPS) is 12.0. The number of hydrogen-bond donors (Lipinski definition) is 0. The van der Waals surface area contributed by atoms with Crippen molar-refractivity contribution in [2.75, 3.05) is 9.80 Å². The minimum atomic E-state index is 0.840. The van der Waals surface area contributed by atoms with Gasteiger partial charge >= 0.3 is 0 Å². The average Bonchev–Trinajstić information content (AvgIpc) is 4.18. The number of hydrogen-bond acceptors (Lipinski definition) is 4. The molecule has 0 spiro atoms. The molecule has 0 saturated heterocycles. The highest BCUT2D eigenvalue weighted by Crippen LogP contribution is 2.53. The Labute approximate surface area is 450 Å². The van der Waals surface area contributed by atoms with Crippen molar-refractivity contribution in [3.63, 3.8) is 0 Å². The molecule has 0 radical (unpaired) electrons. The van der Waals surface area contributed by atoms with E-state index >= 15 is 0 Å². The van der Waals surface area contributed by atoms with Crippen LogP contribution >= 0.6 is 0 Å². The van der Waals surface area contributed by atoms with Crippen molar-refractivity contribution in [1.29, 1.82) is 0 Å². The van der Waals surface area contributed by atoms with E-state index in [-0.39, 0.29) is 0 Å². The lowest BCUT2D eigenvalue weighted by molar-refractivity contribution is 0.670.